The van der Waals surface area contributed by atoms with Crippen LogP contribution in [0.15, 0.2) is 22.7 Å². The number of nitrogens with zero attached hydrogens (tertiary/aromatic N) is 3. The predicted molar refractivity (Wildman–Crippen MR) is 57.6 cm³/mol. The quantitative estimate of drug-likeness (QED) is 0.583. The molecule has 0 spiro atoms. The van der Waals surface area contributed by atoms with Gasteiger partial charge in [-0.3, -0.25) is 10.1 Å². The molecule has 0 fully saturated rings. The summed E-state index contributed by atoms with van der Waals surface area (Å²) in [6.07, 6.45) is 2.63. The second-order valence-corrected chi connectivity index (χ2v) is 5.65. The van der Waals surface area contributed by atoms with E-state index < -0.39 is 14.7 Å². The molecule has 0 aliphatic rings. The van der Waals surface area contributed by atoms with Crippen molar-refractivity contribution in [3.63, 3.8) is 0 Å². The molecule has 7 heteroatoms. The monoisotopic (exact) mass is 229 g/mol. The van der Waals surface area contributed by atoms with Crippen molar-refractivity contribution in [3.8, 4) is 0 Å². The Morgan fingerprint density at radius 1 is 1.60 bits per heavy atom. The number of rotatable bonds is 3. The van der Waals surface area contributed by atoms with E-state index in [4.69, 9.17) is 0 Å². The van der Waals surface area contributed by atoms with Crippen molar-refractivity contribution in [2.75, 3.05) is 12.0 Å². The van der Waals surface area contributed by atoms with E-state index in [9.17, 15) is 14.3 Å². The fourth-order valence-corrected chi connectivity index (χ4v) is 1.44. The molecule has 0 aromatic carbocycles. The summed E-state index contributed by atoms with van der Waals surface area (Å²) in [6, 6.07) is 2.67. The average Bonchev–Trinajstić information content (AvgIpc) is 2.18. The molecule has 0 unspecified atom stereocenters. The first-order chi connectivity index (χ1) is 6.94. The normalized spacial score (nSPS) is 14.3. The van der Waals surface area contributed by atoms with E-state index in [0.29, 0.717) is 5.75 Å². The van der Waals surface area contributed by atoms with Crippen molar-refractivity contribution in [1.82, 2.24) is 4.98 Å². The zero-order chi connectivity index (χ0) is 11.5. The summed E-state index contributed by atoms with van der Waals surface area (Å²) in [4.78, 5) is 13.5. The highest BCUT2D eigenvalue weighted by molar-refractivity contribution is 7.93. The second kappa shape index (κ2) is 4.35. The van der Waals surface area contributed by atoms with Crippen LogP contribution in [0.5, 0.6) is 0 Å². The van der Waals surface area contributed by atoms with Crippen LogP contribution in [-0.2, 0) is 9.73 Å². The maximum absolute atomic E-state index is 11.6. The van der Waals surface area contributed by atoms with Gasteiger partial charge in [-0.2, -0.15) is 4.36 Å². The summed E-state index contributed by atoms with van der Waals surface area (Å²) in [5, 5.41) is 10.3. The van der Waals surface area contributed by atoms with Gasteiger partial charge < -0.3 is 0 Å². The van der Waals surface area contributed by atoms with Crippen LogP contribution in [0.25, 0.3) is 0 Å². The molecule has 0 amide bonds. The molecule has 15 heavy (non-hydrogen) atoms. The Morgan fingerprint density at radius 3 is 2.67 bits per heavy atom. The third kappa shape index (κ3) is 3.28. The minimum atomic E-state index is -2.26. The van der Waals surface area contributed by atoms with Crippen LogP contribution in [0.3, 0.4) is 0 Å². The number of aromatic nitrogens is 1. The van der Waals surface area contributed by atoms with Gasteiger partial charge in [0.2, 0.25) is 0 Å². The summed E-state index contributed by atoms with van der Waals surface area (Å²) in [6.45, 7) is 1.76. The summed E-state index contributed by atoms with van der Waals surface area (Å²) in [5.41, 5.74) is -0.104. The largest absolute Gasteiger partial charge is 0.287 e. The number of hydrogen-bond donors (Lipinski definition) is 0. The van der Waals surface area contributed by atoms with Gasteiger partial charge in [0.25, 0.3) is 5.69 Å². The summed E-state index contributed by atoms with van der Waals surface area (Å²) < 4.78 is 15.5. The highest BCUT2D eigenvalue weighted by Crippen LogP contribution is 2.15. The molecule has 1 atom stereocenters. The average molecular weight is 229 g/mol. The van der Waals surface area contributed by atoms with Crippen molar-refractivity contribution in [2.45, 2.75) is 6.92 Å². The van der Waals surface area contributed by atoms with E-state index in [1.165, 1.54) is 18.4 Å². The van der Waals surface area contributed by atoms with Crippen molar-refractivity contribution in [3.05, 3.63) is 28.4 Å². The fourth-order valence-electron chi connectivity index (χ4n) is 0.803. The molecule has 0 aliphatic heterocycles. The smallest absolute Gasteiger partial charge is 0.258 e. The molecule has 1 rings (SSSR count). The highest BCUT2D eigenvalue weighted by Gasteiger charge is 2.05. The summed E-state index contributed by atoms with van der Waals surface area (Å²) in [5.74, 6) is 0.682. The molecule has 1 heterocycles. The zero-order valence-electron chi connectivity index (χ0n) is 8.41. The van der Waals surface area contributed by atoms with Gasteiger partial charge in [-0.05, 0) is 6.07 Å². The molecule has 0 aliphatic carbocycles. The minimum Gasteiger partial charge on any atom is -0.258 e. The van der Waals surface area contributed by atoms with E-state index in [1.54, 1.807) is 6.92 Å². The Morgan fingerprint density at radius 2 is 2.27 bits per heavy atom. The Kier molecular flexibility index (Phi) is 3.35. The lowest BCUT2D eigenvalue weighted by atomic mass is 10.4. The van der Waals surface area contributed by atoms with Gasteiger partial charge in [0.15, 0.2) is 5.82 Å². The van der Waals surface area contributed by atoms with Crippen LogP contribution < -0.4 is 0 Å². The molecule has 0 radical (unpaired) electrons. The van der Waals surface area contributed by atoms with Crippen LogP contribution in [0.2, 0.25) is 0 Å². The Bertz CT molecular complexity index is 474. The molecule has 0 bridgehead atoms. The van der Waals surface area contributed by atoms with Crippen molar-refractivity contribution >= 4 is 21.2 Å². The van der Waals surface area contributed by atoms with Gasteiger partial charge in [0, 0.05) is 18.1 Å². The summed E-state index contributed by atoms with van der Waals surface area (Å²) >= 11 is 0. The maximum atomic E-state index is 11.6. The van der Waals surface area contributed by atoms with E-state index in [1.807, 2.05) is 0 Å². The molecule has 82 valence electrons. The van der Waals surface area contributed by atoms with Crippen molar-refractivity contribution in [2.24, 2.45) is 4.36 Å². The molecule has 1 aromatic rings. The Hall–Kier alpha value is -1.50. The van der Waals surface area contributed by atoms with Crippen LogP contribution >= 0.6 is 0 Å². The lowest BCUT2D eigenvalue weighted by molar-refractivity contribution is -0.385. The maximum Gasteiger partial charge on any atom is 0.287 e. The van der Waals surface area contributed by atoms with Gasteiger partial charge in [-0.25, -0.2) is 9.19 Å². The SMILES string of the molecule is CC[S@@](C)(=O)=Nc1ccc([N+](=O)[O-])cn1. The molecule has 6 nitrogen and oxygen atoms in total. The standard InChI is InChI=1S/C8H11N3O3S/c1-3-15(2,14)10-8-5-4-7(6-9-8)11(12)13/h4-6H,3H2,1-2H3/t15-/m1/s1. The first-order valence-electron chi connectivity index (χ1n) is 4.25. The number of nitro groups is 1. The molecular weight excluding hydrogens is 218 g/mol. The van der Waals surface area contributed by atoms with Gasteiger partial charge in [0.05, 0.1) is 14.7 Å². The number of pyridine rings is 1. The van der Waals surface area contributed by atoms with Crippen LogP contribution in [-0.4, -0.2) is 26.1 Å². The van der Waals surface area contributed by atoms with E-state index in [0.717, 1.165) is 6.20 Å². The minimum absolute atomic E-state index is 0.104. The predicted octanol–water partition coefficient (Wildman–Crippen LogP) is 1.74. The molecule has 0 saturated carbocycles. The summed E-state index contributed by atoms with van der Waals surface area (Å²) in [7, 11) is -2.26. The second-order valence-electron chi connectivity index (χ2n) is 2.97. The molecule has 0 saturated heterocycles. The molecule has 0 N–H and O–H groups in total. The Labute approximate surface area is 87.7 Å². The van der Waals surface area contributed by atoms with Crippen molar-refractivity contribution in [1.29, 1.82) is 0 Å². The van der Waals surface area contributed by atoms with Gasteiger partial charge in [-0.1, -0.05) is 6.92 Å². The van der Waals surface area contributed by atoms with Gasteiger partial charge >= 0.3 is 0 Å². The third-order valence-electron chi connectivity index (χ3n) is 1.77. The van der Waals surface area contributed by atoms with E-state index in [-0.39, 0.29) is 11.5 Å². The van der Waals surface area contributed by atoms with E-state index in [2.05, 4.69) is 9.35 Å². The van der Waals surface area contributed by atoms with Crippen LogP contribution in [0, 0.1) is 10.1 Å². The van der Waals surface area contributed by atoms with E-state index >= 15 is 0 Å². The third-order valence-corrected chi connectivity index (χ3v) is 3.41. The number of hydrogen-bond acceptors (Lipinski definition) is 5. The fraction of sp³-hybridized carbons (Fsp3) is 0.375. The lowest BCUT2D eigenvalue weighted by Crippen LogP contribution is -1.98. The van der Waals surface area contributed by atoms with Crippen LogP contribution in [0.4, 0.5) is 11.5 Å². The molecular formula is C8H11N3O3S. The van der Waals surface area contributed by atoms with Gasteiger partial charge in [0.1, 0.15) is 6.20 Å². The van der Waals surface area contributed by atoms with Crippen LogP contribution in [0.1, 0.15) is 6.92 Å². The Balaban J connectivity index is 3.06. The first kappa shape index (κ1) is 11.6. The topological polar surface area (TPSA) is 85.5 Å². The first-order valence-corrected chi connectivity index (χ1v) is 6.34. The lowest BCUT2D eigenvalue weighted by Gasteiger charge is -1.98. The van der Waals surface area contributed by atoms with Crippen molar-refractivity contribution < 1.29 is 9.13 Å². The highest BCUT2D eigenvalue weighted by atomic mass is 32.2. The van der Waals surface area contributed by atoms with Gasteiger partial charge in [-0.15, -0.1) is 0 Å². The zero-order valence-corrected chi connectivity index (χ0v) is 9.23. The molecule has 1 aromatic heterocycles.